The molecule has 0 aromatic heterocycles. The number of rotatable bonds is 2. The predicted octanol–water partition coefficient (Wildman–Crippen LogP) is 3.10. The first-order chi connectivity index (χ1) is 7.25. The maximum absolute atomic E-state index is 13.1. The second-order valence-corrected chi connectivity index (χ2v) is 4.49. The van der Waals surface area contributed by atoms with Gasteiger partial charge in [-0.2, -0.15) is 0 Å². The average molecular weight is 244 g/mol. The van der Waals surface area contributed by atoms with Gasteiger partial charge in [-0.3, -0.25) is 0 Å². The van der Waals surface area contributed by atoms with Crippen LogP contribution in [0.25, 0.3) is 0 Å². The standard InChI is InChI=1S/C13H18FN.ClH/c1-10-4-5-13(14)8-12(10)7-11-3-2-6-15-9-11;/h4-5,8,11,15H,2-3,6-7,9H2,1H3;1H. The summed E-state index contributed by atoms with van der Waals surface area (Å²) >= 11 is 0. The molecule has 1 heterocycles. The van der Waals surface area contributed by atoms with Crippen LogP contribution in [0.4, 0.5) is 4.39 Å². The Morgan fingerprint density at radius 1 is 1.44 bits per heavy atom. The third-order valence-electron chi connectivity index (χ3n) is 3.22. The minimum absolute atomic E-state index is 0. The minimum Gasteiger partial charge on any atom is -0.316 e. The molecule has 0 bridgehead atoms. The maximum atomic E-state index is 13.1. The normalized spacial score (nSPS) is 20.2. The van der Waals surface area contributed by atoms with Crippen LogP contribution in [0, 0.1) is 18.7 Å². The van der Waals surface area contributed by atoms with Gasteiger partial charge in [0.1, 0.15) is 5.82 Å². The van der Waals surface area contributed by atoms with Crippen molar-refractivity contribution in [1.29, 1.82) is 0 Å². The summed E-state index contributed by atoms with van der Waals surface area (Å²) in [7, 11) is 0. The van der Waals surface area contributed by atoms with E-state index in [-0.39, 0.29) is 18.2 Å². The Morgan fingerprint density at radius 2 is 2.25 bits per heavy atom. The van der Waals surface area contributed by atoms with Crippen molar-refractivity contribution >= 4 is 12.4 Å². The fourth-order valence-electron chi connectivity index (χ4n) is 2.27. The number of hydrogen-bond acceptors (Lipinski definition) is 1. The summed E-state index contributed by atoms with van der Waals surface area (Å²) in [5.41, 5.74) is 2.38. The highest BCUT2D eigenvalue weighted by atomic mass is 35.5. The number of aryl methyl sites for hydroxylation is 1. The van der Waals surface area contributed by atoms with E-state index in [2.05, 4.69) is 12.2 Å². The van der Waals surface area contributed by atoms with E-state index < -0.39 is 0 Å². The third kappa shape index (κ3) is 3.46. The van der Waals surface area contributed by atoms with Gasteiger partial charge >= 0.3 is 0 Å². The smallest absolute Gasteiger partial charge is 0.123 e. The molecule has 0 aliphatic carbocycles. The lowest BCUT2D eigenvalue weighted by Crippen LogP contribution is -2.31. The van der Waals surface area contributed by atoms with Crippen LogP contribution in [0.2, 0.25) is 0 Å². The topological polar surface area (TPSA) is 12.0 Å². The van der Waals surface area contributed by atoms with Crippen molar-refractivity contribution < 1.29 is 4.39 Å². The van der Waals surface area contributed by atoms with Crippen molar-refractivity contribution in [2.75, 3.05) is 13.1 Å². The second-order valence-electron chi connectivity index (χ2n) is 4.49. The molecule has 1 aromatic carbocycles. The van der Waals surface area contributed by atoms with E-state index in [0.717, 1.165) is 19.5 Å². The highest BCUT2D eigenvalue weighted by molar-refractivity contribution is 5.85. The van der Waals surface area contributed by atoms with Crippen LogP contribution in [0.15, 0.2) is 18.2 Å². The molecular weight excluding hydrogens is 225 g/mol. The van der Waals surface area contributed by atoms with Crippen LogP contribution in [0.5, 0.6) is 0 Å². The van der Waals surface area contributed by atoms with Gasteiger partial charge < -0.3 is 5.32 Å². The molecule has 1 fully saturated rings. The van der Waals surface area contributed by atoms with Gasteiger partial charge in [0.2, 0.25) is 0 Å². The van der Waals surface area contributed by atoms with E-state index in [1.165, 1.54) is 30.0 Å². The Labute approximate surface area is 103 Å². The number of hydrogen-bond donors (Lipinski definition) is 1. The summed E-state index contributed by atoms with van der Waals surface area (Å²) in [6, 6.07) is 5.10. The van der Waals surface area contributed by atoms with Crippen molar-refractivity contribution in [1.82, 2.24) is 5.32 Å². The van der Waals surface area contributed by atoms with Crippen LogP contribution >= 0.6 is 12.4 Å². The summed E-state index contributed by atoms with van der Waals surface area (Å²) in [4.78, 5) is 0. The molecule has 0 spiro atoms. The number of halogens is 2. The zero-order valence-electron chi connectivity index (χ0n) is 9.63. The number of nitrogens with one attached hydrogen (secondary N) is 1. The van der Waals surface area contributed by atoms with Gasteiger partial charge in [0, 0.05) is 0 Å². The Kier molecular flexibility index (Phi) is 5.23. The lowest BCUT2D eigenvalue weighted by Gasteiger charge is -2.23. The van der Waals surface area contributed by atoms with Crippen molar-refractivity contribution in [3.63, 3.8) is 0 Å². The molecule has 0 amide bonds. The maximum Gasteiger partial charge on any atom is 0.123 e. The molecule has 1 aromatic rings. The summed E-state index contributed by atoms with van der Waals surface area (Å²) in [6.07, 6.45) is 3.53. The monoisotopic (exact) mass is 243 g/mol. The summed E-state index contributed by atoms with van der Waals surface area (Å²) < 4.78 is 13.1. The molecule has 1 N–H and O–H groups in total. The van der Waals surface area contributed by atoms with E-state index in [0.29, 0.717) is 5.92 Å². The summed E-state index contributed by atoms with van der Waals surface area (Å²) in [5, 5.41) is 3.40. The second kappa shape index (κ2) is 6.21. The van der Waals surface area contributed by atoms with Crippen LogP contribution in [-0.2, 0) is 6.42 Å². The Bertz CT molecular complexity index is 335. The van der Waals surface area contributed by atoms with Crippen LogP contribution in [0.3, 0.4) is 0 Å². The molecule has 3 heteroatoms. The van der Waals surface area contributed by atoms with Gasteiger partial charge in [-0.05, 0) is 68.5 Å². The van der Waals surface area contributed by atoms with Crippen LogP contribution in [-0.4, -0.2) is 13.1 Å². The number of piperidine rings is 1. The molecule has 1 aliphatic rings. The van der Waals surface area contributed by atoms with Crippen LogP contribution < -0.4 is 5.32 Å². The predicted molar refractivity (Wildman–Crippen MR) is 67.7 cm³/mol. The van der Waals surface area contributed by atoms with Gasteiger partial charge in [-0.1, -0.05) is 6.07 Å². The van der Waals surface area contributed by atoms with Gasteiger partial charge in [0.25, 0.3) is 0 Å². The molecule has 1 saturated heterocycles. The third-order valence-corrected chi connectivity index (χ3v) is 3.22. The summed E-state index contributed by atoms with van der Waals surface area (Å²) in [5.74, 6) is 0.568. The summed E-state index contributed by atoms with van der Waals surface area (Å²) in [6.45, 7) is 4.28. The zero-order valence-corrected chi connectivity index (χ0v) is 10.4. The van der Waals surface area contributed by atoms with Crippen molar-refractivity contribution in [2.45, 2.75) is 26.2 Å². The quantitative estimate of drug-likeness (QED) is 0.842. The molecule has 1 aliphatic heterocycles. The highest BCUT2D eigenvalue weighted by Crippen LogP contribution is 2.19. The zero-order chi connectivity index (χ0) is 10.7. The average Bonchev–Trinajstić information content (AvgIpc) is 2.25. The molecule has 0 saturated carbocycles. The molecule has 1 atom stereocenters. The largest absolute Gasteiger partial charge is 0.316 e. The van der Waals surface area contributed by atoms with Gasteiger partial charge in [0.15, 0.2) is 0 Å². The lowest BCUT2D eigenvalue weighted by atomic mass is 9.90. The molecule has 16 heavy (non-hydrogen) atoms. The Morgan fingerprint density at radius 3 is 2.94 bits per heavy atom. The van der Waals surface area contributed by atoms with E-state index >= 15 is 0 Å². The van der Waals surface area contributed by atoms with E-state index in [4.69, 9.17) is 0 Å². The van der Waals surface area contributed by atoms with Gasteiger partial charge in [0.05, 0.1) is 0 Å². The Hall–Kier alpha value is -0.600. The Balaban J connectivity index is 0.00000128. The van der Waals surface area contributed by atoms with E-state index in [1.807, 2.05) is 6.07 Å². The lowest BCUT2D eigenvalue weighted by molar-refractivity contribution is 0.375. The SMILES string of the molecule is Cc1ccc(F)cc1CC1CCCNC1.Cl. The fourth-order valence-corrected chi connectivity index (χ4v) is 2.27. The molecule has 2 rings (SSSR count). The van der Waals surface area contributed by atoms with Crippen molar-refractivity contribution in [3.05, 3.63) is 35.1 Å². The first kappa shape index (κ1) is 13.5. The molecule has 1 unspecified atom stereocenters. The number of benzene rings is 1. The van der Waals surface area contributed by atoms with Crippen molar-refractivity contribution in [2.24, 2.45) is 5.92 Å². The van der Waals surface area contributed by atoms with E-state index in [9.17, 15) is 4.39 Å². The molecule has 0 radical (unpaired) electrons. The van der Waals surface area contributed by atoms with Crippen LogP contribution in [0.1, 0.15) is 24.0 Å². The highest BCUT2D eigenvalue weighted by Gasteiger charge is 2.14. The van der Waals surface area contributed by atoms with E-state index in [1.54, 1.807) is 6.07 Å². The molecule has 1 nitrogen and oxygen atoms in total. The van der Waals surface area contributed by atoms with Gasteiger partial charge in [-0.25, -0.2) is 4.39 Å². The first-order valence-electron chi connectivity index (χ1n) is 5.71. The van der Waals surface area contributed by atoms with Crippen molar-refractivity contribution in [3.8, 4) is 0 Å². The fraction of sp³-hybridized carbons (Fsp3) is 0.538. The first-order valence-corrected chi connectivity index (χ1v) is 5.71. The minimum atomic E-state index is -0.112. The van der Waals surface area contributed by atoms with Gasteiger partial charge in [-0.15, -0.1) is 12.4 Å². The molecule has 90 valence electrons. The molecular formula is C13H19ClFN.